The predicted molar refractivity (Wildman–Crippen MR) is 59.1 cm³/mol. The lowest BCUT2D eigenvalue weighted by Gasteiger charge is -2.13. The topological polar surface area (TPSA) is 12.0 Å². The molecule has 3 heteroatoms. The second kappa shape index (κ2) is 4.80. The molecule has 0 unspecified atom stereocenters. The standard InChI is InChI=1S/C11H14FNS/c12-10-3-1-9(2-4-10)11-5-6-13-7-8-14-11/h1-4,11,13H,5-8H2/t11-/m1/s1. The molecule has 1 saturated heterocycles. The van der Waals surface area contributed by atoms with Gasteiger partial charge >= 0.3 is 0 Å². The highest BCUT2D eigenvalue weighted by atomic mass is 32.2. The van der Waals surface area contributed by atoms with E-state index in [1.807, 2.05) is 23.9 Å². The van der Waals surface area contributed by atoms with E-state index in [-0.39, 0.29) is 5.82 Å². The molecule has 1 heterocycles. The minimum Gasteiger partial charge on any atom is -0.316 e. The Morgan fingerprint density at radius 3 is 2.79 bits per heavy atom. The van der Waals surface area contributed by atoms with Gasteiger partial charge in [-0.25, -0.2) is 4.39 Å². The zero-order valence-electron chi connectivity index (χ0n) is 8.00. The van der Waals surface area contributed by atoms with Crippen LogP contribution in [0.25, 0.3) is 0 Å². The largest absolute Gasteiger partial charge is 0.316 e. The Bertz CT molecular complexity index is 278. The maximum atomic E-state index is 12.7. The van der Waals surface area contributed by atoms with Gasteiger partial charge in [-0.1, -0.05) is 12.1 Å². The van der Waals surface area contributed by atoms with Crippen LogP contribution in [-0.2, 0) is 0 Å². The average Bonchev–Trinajstić information content (AvgIpc) is 2.47. The summed E-state index contributed by atoms with van der Waals surface area (Å²) in [4.78, 5) is 0. The molecule has 76 valence electrons. The molecule has 1 nitrogen and oxygen atoms in total. The van der Waals surface area contributed by atoms with E-state index < -0.39 is 0 Å². The maximum absolute atomic E-state index is 12.7. The zero-order chi connectivity index (χ0) is 9.80. The molecular formula is C11H14FNS. The molecule has 0 saturated carbocycles. The van der Waals surface area contributed by atoms with Gasteiger partial charge in [0.25, 0.3) is 0 Å². The summed E-state index contributed by atoms with van der Waals surface area (Å²) in [5, 5.41) is 3.90. The van der Waals surface area contributed by atoms with Crippen molar-refractivity contribution in [3.63, 3.8) is 0 Å². The van der Waals surface area contributed by atoms with Crippen LogP contribution in [0.15, 0.2) is 24.3 Å². The van der Waals surface area contributed by atoms with Crippen molar-refractivity contribution >= 4 is 11.8 Å². The molecule has 2 rings (SSSR count). The average molecular weight is 211 g/mol. The second-order valence-electron chi connectivity index (χ2n) is 3.45. The van der Waals surface area contributed by atoms with Crippen LogP contribution in [0.2, 0.25) is 0 Å². The summed E-state index contributed by atoms with van der Waals surface area (Å²) in [6, 6.07) is 6.90. The first-order valence-electron chi connectivity index (χ1n) is 4.94. The van der Waals surface area contributed by atoms with E-state index in [2.05, 4.69) is 5.32 Å². The van der Waals surface area contributed by atoms with E-state index in [9.17, 15) is 4.39 Å². The Morgan fingerprint density at radius 2 is 2.00 bits per heavy atom. The van der Waals surface area contributed by atoms with Crippen LogP contribution in [0, 0.1) is 5.82 Å². The van der Waals surface area contributed by atoms with E-state index >= 15 is 0 Å². The summed E-state index contributed by atoms with van der Waals surface area (Å²) in [5.74, 6) is 0.993. The summed E-state index contributed by atoms with van der Waals surface area (Å²) in [7, 11) is 0. The maximum Gasteiger partial charge on any atom is 0.123 e. The molecule has 1 aliphatic heterocycles. The lowest BCUT2D eigenvalue weighted by Crippen LogP contribution is -2.15. The Hall–Kier alpha value is -0.540. The van der Waals surface area contributed by atoms with Crippen LogP contribution >= 0.6 is 11.8 Å². The number of hydrogen-bond donors (Lipinski definition) is 1. The monoisotopic (exact) mass is 211 g/mol. The first-order chi connectivity index (χ1) is 6.86. The summed E-state index contributed by atoms with van der Waals surface area (Å²) < 4.78 is 12.7. The number of halogens is 1. The Morgan fingerprint density at radius 1 is 1.21 bits per heavy atom. The smallest absolute Gasteiger partial charge is 0.123 e. The SMILES string of the molecule is Fc1ccc([C@H]2CCNCCS2)cc1. The molecule has 0 amide bonds. The van der Waals surface area contributed by atoms with Crippen molar-refractivity contribution in [2.75, 3.05) is 18.8 Å². The van der Waals surface area contributed by atoms with Crippen molar-refractivity contribution < 1.29 is 4.39 Å². The van der Waals surface area contributed by atoms with Crippen molar-refractivity contribution in [1.29, 1.82) is 0 Å². The van der Waals surface area contributed by atoms with Crippen LogP contribution in [-0.4, -0.2) is 18.8 Å². The first kappa shape index (κ1) is 9.99. The van der Waals surface area contributed by atoms with Gasteiger partial charge in [0.05, 0.1) is 0 Å². The number of hydrogen-bond acceptors (Lipinski definition) is 2. The van der Waals surface area contributed by atoms with Gasteiger partial charge in [0.2, 0.25) is 0 Å². The molecule has 14 heavy (non-hydrogen) atoms. The van der Waals surface area contributed by atoms with E-state index in [0.717, 1.165) is 25.3 Å². The molecule has 1 aromatic rings. The van der Waals surface area contributed by atoms with Crippen LogP contribution in [0.3, 0.4) is 0 Å². The van der Waals surface area contributed by atoms with Crippen molar-refractivity contribution in [3.8, 4) is 0 Å². The highest BCUT2D eigenvalue weighted by Gasteiger charge is 2.13. The number of nitrogens with one attached hydrogen (secondary N) is 1. The summed E-state index contributed by atoms with van der Waals surface area (Å²) in [6.45, 7) is 2.15. The fraction of sp³-hybridized carbons (Fsp3) is 0.455. The van der Waals surface area contributed by atoms with Gasteiger partial charge in [0.1, 0.15) is 5.82 Å². The fourth-order valence-corrected chi connectivity index (χ4v) is 2.84. The van der Waals surface area contributed by atoms with E-state index in [0.29, 0.717) is 5.25 Å². The van der Waals surface area contributed by atoms with Gasteiger partial charge in [0, 0.05) is 17.5 Å². The molecule has 0 bridgehead atoms. The van der Waals surface area contributed by atoms with Crippen LogP contribution in [0.1, 0.15) is 17.2 Å². The Labute approximate surface area is 88.1 Å². The highest BCUT2D eigenvalue weighted by Crippen LogP contribution is 2.32. The van der Waals surface area contributed by atoms with E-state index in [1.54, 1.807) is 12.1 Å². The minimum absolute atomic E-state index is 0.148. The lowest BCUT2D eigenvalue weighted by atomic mass is 10.1. The molecule has 0 aromatic heterocycles. The van der Waals surface area contributed by atoms with Crippen LogP contribution in [0.4, 0.5) is 4.39 Å². The predicted octanol–water partition coefficient (Wildman–Crippen LogP) is 2.59. The van der Waals surface area contributed by atoms with Gasteiger partial charge in [-0.05, 0) is 30.7 Å². The van der Waals surface area contributed by atoms with Gasteiger partial charge in [-0.3, -0.25) is 0 Å². The molecule has 0 aliphatic carbocycles. The minimum atomic E-state index is -0.148. The first-order valence-corrected chi connectivity index (χ1v) is 5.99. The quantitative estimate of drug-likeness (QED) is 0.766. The van der Waals surface area contributed by atoms with Gasteiger partial charge < -0.3 is 5.32 Å². The highest BCUT2D eigenvalue weighted by molar-refractivity contribution is 7.99. The molecule has 1 aliphatic rings. The summed E-state index contributed by atoms with van der Waals surface area (Å²) >= 11 is 1.96. The van der Waals surface area contributed by atoms with Crippen molar-refractivity contribution in [3.05, 3.63) is 35.6 Å². The van der Waals surface area contributed by atoms with Crippen LogP contribution in [0.5, 0.6) is 0 Å². The second-order valence-corrected chi connectivity index (χ2v) is 4.76. The van der Waals surface area contributed by atoms with Gasteiger partial charge in [0.15, 0.2) is 0 Å². The third-order valence-electron chi connectivity index (χ3n) is 2.42. The Kier molecular flexibility index (Phi) is 3.43. The van der Waals surface area contributed by atoms with Gasteiger partial charge in [-0.2, -0.15) is 11.8 Å². The number of thioether (sulfide) groups is 1. The molecule has 1 fully saturated rings. The van der Waals surface area contributed by atoms with Crippen molar-refractivity contribution in [1.82, 2.24) is 5.32 Å². The molecule has 1 atom stereocenters. The Balaban J connectivity index is 2.08. The van der Waals surface area contributed by atoms with Crippen molar-refractivity contribution in [2.45, 2.75) is 11.7 Å². The number of benzene rings is 1. The van der Waals surface area contributed by atoms with E-state index in [4.69, 9.17) is 0 Å². The molecule has 1 N–H and O–H groups in total. The normalized spacial score (nSPS) is 23.1. The third-order valence-corrected chi connectivity index (χ3v) is 3.77. The lowest BCUT2D eigenvalue weighted by molar-refractivity contribution is 0.626. The fourth-order valence-electron chi connectivity index (χ4n) is 1.66. The molecule has 0 radical (unpaired) electrons. The molecule has 0 spiro atoms. The summed E-state index contributed by atoms with van der Waals surface area (Å²) in [5.41, 5.74) is 1.25. The third kappa shape index (κ3) is 2.49. The number of rotatable bonds is 1. The van der Waals surface area contributed by atoms with Crippen molar-refractivity contribution in [2.24, 2.45) is 0 Å². The zero-order valence-corrected chi connectivity index (χ0v) is 8.82. The van der Waals surface area contributed by atoms with E-state index in [1.165, 1.54) is 5.56 Å². The van der Waals surface area contributed by atoms with Crippen LogP contribution < -0.4 is 5.32 Å². The molecular weight excluding hydrogens is 197 g/mol. The molecule has 1 aromatic carbocycles. The summed E-state index contributed by atoms with van der Waals surface area (Å²) in [6.07, 6.45) is 1.14. The van der Waals surface area contributed by atoms with Gasteiger partial charge in [-0.15, -0.1) is 0 Å².